The summed E-state index contributed by atoms with van der Waals surface area (Å²) in [5.74, 6) is 0. The van der Waals surface area contributed by atoms with Gasteiger partial charge in [-0.15, -0.1) is 0 Å². The largest absolute Gasteiger partial charge is 0.294 e. The first kappa shape index (κ1) is 66.7. The Hall–Kier alpha value is -16.2. The number of hydrogen-bond donors (Lipinski definition) is 0. The lowest BCUT2D eigenvalue weighted by Crippen LogP contribution is -1.98. The van der Waals surface area contributed by atoms with Crippen LogP contribution in [0.3, 0.4) is 0 Å². The van der Waals surface area contributed by atoms with Crippen molar-refractivity contribution in [2.45, 2.75) is 51.4 Å². The lowest BCUT2D eigenvalue weighted by molar-refractivity contribution is 1.09. The zero-order chi connectivity index (χ0) is 80.4. The second-order valence-corrected chi connectivity index (χ2v) is 34.0. The minimum Gasteiger partial charge on any atom is -0.294 e. The highest BCUT2D eigenvalue weighted by atomic mass is 15.1. The molecule has 0 amide bonds. The molecule has 0 atom stereocenters. The standard InChI is InChI=1S/4C27H16N4/c1-2-6-18-15(5-1)13-16-9-10-17-14-21-25(23(17)22(16)18)30-27-19-7-3-11-28-24(19)26-20(31(21)27)8-4-12-29-26;1-2-6-18-15(5-1)13-16-9-10-17-14-21-26(23(17)22(16)18)30-27-25-19(7-3-11-29-25)24-20(31(21)27)8-4-12-28-24;1-2-5-18-15(4-1)12-16-7-8-17-13-22-26(24(17)23(16)18)30-27-19-9-11-28-14-20(19)25-21(31(22)27)6-3-10-29-25;1-2-5-18-15(4-1)12-16-7-8-17-13-22-26(24(17)23(16)18)30-27-20-14-28-11-9-19(20)25-21(31(22)27)6-3-10-29-25/h2*1-12H,13-14H2;2*1-11,14H,12-13H2. The van der Waals surface area contributed by atoms with Gasteiger partial charge in [0.1, 0.15) is 33.5 Å². The van der Waals surface area contributed by atoms with Crippen molar-refractivity contribution in [1.29, 1.82) is 0 Å². The second-order valence-electron chi connectivity index (χ2n) is 34.0. The molecule has 0 spiro atoms. The van der Waals surface area contributed by atoms with Gasteiger partial charge in [-0.2, -0.15) is 0 Å². The first-order valence-electron chi connectivity index (χ1n) is 42.6. The fourth-order valence-electron chi connectivity index (χ4n) is 22.7. The molecule has 0 saturated heterocycles. The minimum atomic E-state index is 0.879. The van der Waals surface area contributed by atoms with E-state index in [2.05, 4.69) is 221 Å². The van der Waals surface area contributed by atoms with Crippen LogP contribution < -0.4 is 0 Å². The number of hydrogen-bond acceptors (Lipinski definition) is 12. The van der Waals surface area contributed by atoms with Gasteiger partial charge < -0.3 is 0 Å². The van der Waals surface area contributed by atoms with Crippen molar-refractivity contribution in [3.05, 3.63) is 382 Å². The highest BCUT2D eigenvalue weighted by Crippen LogP contribution is 2.56. The zero-order valence-electron chi connectivity index (χ0n) is 66.5. The molecule has 0 unspecified atom stereocenters. The fourth-order valence-corrected chi connectivity index (χ4v) is 22.7. The van der Waals surface area contributed by atoms with E-state index in [0.717, 1.165) is 184 Å². The Kier molecular flexibility index (Phi) is 13.3. The van der Waals surface area contributed by atoms with Crippen LogP contribution in [0, 0.1) is 0 Å². The van der Waals surface area contributed by atoms with E-state index in [1.54, 1.807) is 0 Å². The average Bonchev–Trinajstić information content (AvgIpc) is 1.55. The summed E-state index contributed by atoms with van der Waals surface area (Å²) in [6.45, 7) is 0. The number of aromatic nitrogens is 16. The molecule has 0 fully saturated rings. The van der Waals surface area contributed by atoms with Crippen molar-refractivity contribution in [3.8, 4) is 89.5 Å². The Bertz CT molecular complexity index is 8010. The van der Waals surface area contributed by atoms with Gasteiger partial charge in [0.2, 0.25) is 0 Å². The van der Waals surface area contributed by atoms with Gasteiger partial charge in [-0.1, -0.05) is 146 Å². The summed E-state index contributed by atoms with van der Waals surface area (Å²) in [6.07, 6.45) is 26.2. The normalized spacial score (nSPS) is 13.5. The van der Waals surface area contributed by atoms with Crippen molar-refractivity contribution in [3.63, 3.8) is 0 Å². The molecule has 16 heterocycles. The Labute approximate surface area is 706 Å². The van der Waals surface area contributed by atoms with Crippen LogP contribution in [0.4, 0.5) is 0 Å². The summed E-state index contributed by atoms with van der Waals surface area (Å²) >= 11 is 0. The number of imidazole rings is 4. The van der Waals surface area contributed by atoms with E-state index in [1.807, 2.05) is 104 Å². The molecule has 16 heteroatoms. The Morgan fingerprint density at radius 3 is 0.911 bits per heavy atom. The van der Waals surface area contributed by atoms with Crippen LogP contribution >= 0.6 is 0 Å². The number of fused-ring (bicyclic) bond motifs is 56. The molecule has 0 aliphatic heterocycles. The van der Waals surface area contributed by atoms with Gasteiger partial charge >= 0.3 is 0 Å². The van der Waals surface area contributed by atoms with Crippen LogP contribution in [0.1, 0.15) is 89.5 Å². The molecular weight excluding hydrogens is 1520 g/mol. The monoisotopic (exact) mass is 1580 g/mol. The maximum atomic E-state index is 5.27. The molecule has 16 nitrogen and oxygen atoms in total. The van der Waals surface area contributed by atoms with Gasteiger partial charge in [-0.05, 0) is 222 Å². The molecule has 0 saturated carbocycles. The van der Waals surface area contributed by atoms with E-state index in [0.29, 0.717) is 0 Å². The lowest BCUT2D eigenvalue weighted by atomic mass is 9.96. The van der Waals surface area contributed by atoms with Crippen LogP contribution in [0.15, 0.2) is 292 Å². The molecule has 0 radical (unpaired) electrons. The molecular formula is C108H64N16. The smallest absolute Gasteiger partial charge is 0.164 e. The van der Waals surface area contributed by atoms with E-state index in [1.165, 1.54) is 156 Å². The van der Waals surface area contributed by atoms with Crippen molar-refractivity contribution in [1.82, 2.24) is 77.4 Å². The first-order chi connectivity index (χ1) is 61.5. The van der Waals surface area contributed by atoms with Gasteiger partial charge in [0, 0.05) is 142 Å². The molecule has 0 bridgehead atoms. The highest BCUT2D eigenvalue weighted by molar-refractivity contribution is 6.15. The Morgan fingerprint density at radius 1 is 0.185 bits per heavy atom. The zero-order valence-corrected chi connectivity index (χ0v) is 66.5. The SMILES string of the molecule is c1ccc2c(c1)Cc1ccc3c(c1-2)-c1nc2c4cccnc4c4ncccc4n2c1C3.c1ccc2c(c1)Cc1ccc3c(c1-2)-c1nc2c4ccncc4c4ncccc4n2c1C3.c1ccc2c(c1)Cc1ccc3c(c1-2)-c1nc2c4cnccc4c4ncccc4n2c1C3.c1ccc2c(c1)Cc1ccc3c(c1-2)-c1nc2c4ncccc4c4ncccc4n2c1C3. The summed E-state index contributed by atoms with van der Waals surface area (Å²) in [6, 6.07) is 82.5. The predicted molar refractivity (Wildman–Crippen MR) is 489 cm³/mol. The van der Waals surface area contributed by atoms with Gasteiger partial charge in [0.15, 0.2) is 5.65 Å². The van der Waals surface area contributed by atoms with Crippen molar-refractivity contribution >= 4 is 110 Å². The van der Waals surface area contributed by atoms with Crippen molar-refractivity contribution in [2.75, 3.05) is 0 Å². The van der Waals surface area contributed by atoms with Crippen LogP contribution in [0.2, 0.25) is 0 Å². The van der Waals surface area contributed by atoms with Gasteiger partial charge in [-0.3, -0.25) is 57.5 Å². The summed E-state index contributed by atoms with van der Waals surface area (Å²) in [4.78, 5) is 58.0. The van der Waals surface area contributed by atoms with E-state index >= 15 is 0 Å². The van der Waals surface area contributed by atoms with Crippen LogP contribution in [-0.4, -0.2) is 77.4 Å². The summed E-state index contributed by atoms with van der Waals surface area (Å²) < 4.78 is 9.25. The number of pyridine rings is 12. The van der Waals surface area contributed by atoms with Crippen LogP contribution in [-0.2, 0) is 51.4 Å². The van der Waals surface area contributed by atoms with Crippen LogP contribution in [0.5, 0.6) is 0 Å². The van der Waals surface area contributed by atoms with Gasteiger partial charge in [-0.25, -0.2) is 19.9 Å². The highest BCUT2D eigenvalue weighted by Gasteiger charge is 2.39. The second kappa shape index (κ2) is 24.7. The van der Waals surface area contributed by atoms with E-state index in [9.17, 15) is 0 Å². The number of rotatable bonds is 0. The first-order valence-corrected chi connectivity index (χ1v) is 42.6. The molecule has 8 aliphatic carbocycles. The maximum Gasteiger partial charge on any atom is 0.164 e. The molecule has 124 heavy (non-hydrogen) atoms. The molecule has 576 valence electrons. The summed E-state index contributed by atoms with van der Waals surface area (Å²) in [5, 5.41) is 6.42. The summed E-state index contributed by atoms with van der Waals surface area (Å²) in [7, 11) is 0. The fraction of sp³-hybridized carbons (Fsp3) is 0.0741. The predicted octanol–water partition coefficient (Wildman–Crippen LogP) is 22.3. The third kappa shape index (κ3) is 8.98. The van der Waals surface area contributed by atoms with E-state index in [-0.39, 0.29) is 0 Å². The lowest BCUT2D eigenvalue weighted by Gasteiger charge is -2.10. The van der Waals surface area contributed by atoms with E-state index < -0.39 is 0 Å². The molecule has 24 aromatic rings. The number of nitrogens with zero attached hydrogens (tertiary/aromatic N) is 16. The van der Waals surface area contributed by atoms with Gasteiger partial charge in [0.25, 0.3) is 0 Å². The quantitative estimate of drug-likeness (QED) is 0.132. The molecule has 8 aromatic carbocycles. The summed E-state index contributed by atoms with van der Waals surface area (Å²) in [5.41, 5.74) is 56.3. The number of benzene rings is 8. The molecule has 0 N–H and O–H groups in total. The minimum absolute atomic E-state index is 0.879. The third-order valence-electron chi connectivity index (χ3n) is 27.7. The Balaban J connectivity index is 0.0000000828. The van der Waals surface area contributed by atoms with Gasteiger partial charge in [0.05, 0.1) is 84.2 Å². The topological polar surface area (TPSA) is 172 Å². The van der Waals surface area contributed by atoms with Crippen molar-refractivity contribution in [2.24, 2.45) is 0 Å². The molecule has 8 aliphatic rings. The van der Waals surface area contributed by atoms with Crippen molar-refractivity contribution < 1.29 is 0 Å². The molecule has 16 aromatic heterocycles. The Morgan fingerprint density at radius 2 is 0.484 bits per heavy atom. The third-order valence-corrected chi connectivity index (χ3v) is 27.7. The maximum absolute atomic E-state index is 5.27. The average molecular weight is 1590 g/mol. The molecule has 32 rings (SSSR count). The van der Waals surface area contributed by atoms with Crippen LogP contribution in [0.25, 0.3) is 200 Å². The van der Waals surface area contributed by atoms with E-state index in [4.69, 9.17) is 44.9 Å².